The van der Waals surface area contributed by atoms with E-state index < -0.39 is 0 Å². The van der Waals surface area contributed by atoms with E-state index in [9.17, 15) is 0 Å². The summed E-state index contributed by atoms with van der Waals surface area (Å²) in [6.07, 6.45) is 0. The third-order valence-corrected chi connectivity index (χ3v) is 10.5. The van der Waals surface area contributed by atoms with Crippen LogP contribution in [0.5, 0.6) is 0 Å². The summed E-state index contributed by atoms with van der Waals surface area (Å²) < 4.78 is 6.66. The van der Waals surface area contributed by atoms with Gasteiger partial charge in [-0.05, 0) is 80.4 Å². The fourth-order valence-corrected chi connectivity index (χ4v) is 7.88. The topological polar surface area (TPSA) is 16.4 Å². The van der Waals surface area contributed by atoms with E-state index >= 15 is 0 Å². The third kappa shape index (κ3) is 5.62. The third-order valence-electron chi connectivity index (χ3n) is 10.5. The number of furan rings is 1. The molecular formula is C52H35NO. The molecule has 0 fully saturated rings. The number of anilines is 3. The highest BCUT2D eigenvalue weighted by Gasteiger charge is 2.21. The Morgan fingerprint density at radius 2 is 0.889 bits per heavy atom. The van der Waals surface area contributed by atoms with Crippen molar-refractivity contribution in [2.24, 2.45) is 0 Å². The summed E-state index contributed by atoms with van der Waals surface area (Å²) in [6.45, 7) is 0. The smallest absolute Gasteiger partial charge is 0.143 e. The maximum absolute atomic E-state index is 6.66. The molecule has 0 aliphatic heterocycles. The number of hydrogen-bond donors (Lipinski definition) is 0. The number of para-hydroxylation sites is 1. The molecule has 0 radical (unpaired) electrons. The van der Waals surface area contributed by atoms with Gasteiger partial charge in [0.15, 0.2) is 0 Å². The zero-order valence-corrected chi connectivity index (χ0v) is 29.6. The van der Waals surface area contributed by atoms with Crippen LogP contribution in [-0.2, 0) is 0 Å². The molecule has 10 aromatic rings. The van der Waals surface area contributed by atoms with Gasteiger partial charge in [-0.3, -0.25) is 0 Å². The summed E-state index contributed by atoms with van der Waals surface area (Å²) in [7, 11) is 0. The Labute approximate surface area is 314 Å². The van der Waals surface area contributed by atoms with Crippen LogP contribution >= 0.6 is 0 Å². The molecule has 2 nitrogen and oxygen atoms in total. The normalized spacial score (nSPS) is 11.3. The number of nitrogens with zero attached hydrogens (tertiary/aromatic N) is 1. The Morgan fingerprint density at radius 1 is 0.333 bits per heavy atom. The molecule has 0 N–H and O–H groups in total. The molecule has 1 aromatic heterocycles. The van der Waals surface area contributed by atoms with Crippen LogP contribution in [0.15, 0.2) is 217 Å². The lowest BCUT2D eigenvalue weighted by Gasteiger charge is -2.27. The van der Waals surface area contributed by atoms with E-state index in [1.165, 1.54) is 43.8 Å². The first kappa shape index (κ1) is 31.6. The maximum atomic E-state index is 6.66. The quantitative estimate of drug-likeness (QED) is 0.166. The van der Waals surface area contributed by atoms with Gasteiger partial charge in [0, 0.05) is 33.3 Å². The van der Waals surface area contributed by atoms with Gasteiger partial charge in [-0.1, -0.05) is 176 Å². The number of fused-ring (bicyclic) bond motifs is 3. The van der Waals surface area contributed by atoms with E-state index in [0.717, 1.165) is 50.5 Å². The lowest BCUT2D eigenvalue weighted by molar-refractivity contribution is 0.632. The highest BCUT2D eigenvalue weighted by molar-refractivity contribution is 6.03. The van der Waals surface area contributed by atoms with Crippen LogP contribution in [0.25, 0.3) is 77.2 Å². The largest absolute Gasteiger partial charge is 0.455 e. The van der Waals surface area contributed by atoms with Gasteiger partial charge in [-0.25, -0.2) is 0 Å². The van der Waals surface area contributed by atoms with E-state index in [1.54, 1.807) is 0 Å². The fraction of sp³-hybridized carbons (Fsp3) is 0. The van der Waals surface area contributed by atoms with Crippen molar-refractivity contribution in [1.82, 2.24) is 0 Å². The van der Waals surface area contributed by atoms with Gasteiger partial charge in [0.05, 0.1) is 5.69 Å². The van der Waals surface area contributed by atoms with Crippen molar-refractivity contribution in [3.63, 3.8) is 0 Å². The molecule has 0 aliphatic rings. The van der Waals surface area contributed by atoms with Crippen molar-refractivity contribution in [2.45, 2.75) is 0 Å². The summed E-state index contributed by atoms with van der Waals surface area (Å²) in [5.41, 5.74) is 12.2. The Balaban J connectivity index is 1.07. The summed E-state index contributed by atoms with van der Waals surface area (Å²) >= 11 is 0. The van der Waals surface area contributed by atoms with Crippen molar-refractivity contribution in [2.75, 3.05) is 4.90 Å². The lowest BCUT2D eigenvalue weighted by atomic mass is 9.96. The van der Waals surface area contributed by atoms with Gasteiger partial charge >= 0.3 is 0 Å². The zero-order chi connectivity index (χ0) is 35.8. The molecule has 0 amide bonds. The molecule has 0 aliphatic carbocycles. The molecule has 254 valence electrons. The summed E-state index contributed by atoms with van der Waals surface area (Å²) in [6, 6.07) is 75.7. The van der Waals surface area contributed by atoms with Crippen LogP contribution in [0.3, 0.4) is 0 Å². The molecule has 0 saturated carbocycles. The van der Waals surface area contributed by atoms with Gasteiger partial charge in [-0.2, -0.15) is 0 Å². The summed E-state index contributed by atoms with van der Waals surface area (Å²) in [5, 5.41) is 6.02. The van der Waals surface area contributed by atoms with Crippen molar-refractivity contribution >= 4 is 49.6 Å². The molecule has 0 atom stereocenters. The first-order valence-electron chi connectivity index (χ1n) is 18.4. The minimum Gasteiger partial charge on any atom is -0.455 e. The predicted molar refractivity (Wildman–Crippen MR) is 228 cm³/mol. The molecule has 54 heavy (non-hydrogen) atoms. The zero-order valence-electron chi connectivity index (χ0n) is 29.6. The van der Waals surface area contributed by atoms with E-state index in [0.29, 0.717) is 0 Å². The fourth-order valence-electron chi connectivity index (χ4n) is 7.88. The lowest BCUT2D eigenvalue weighted by Crippen LogP contribution is -2.10. The minimum absolute atomic E-state index is 0.865. The van der Waals surface area contributed by atoms with Crippen molar-refractivity contribution < 1.29 is 4.42 Å². The van der Waals surface area contributed by atoms with E-state index in [-0.39, 0.29) is 0 Å². The van der Waals surface area contributed by atoms with Gasteiger partial charge in [0.1, 0.15) is 11.3 Å². The van der Waals surface area contributed by atoms with E-state index in [4.69, 9.17) is 4.42 Å². The van der Waals surface area contributed by atoms with Crippen LogP contribution in [-0.4, -0.2) is 0 Å². The Morgan fingerprint density at radius 3 is 1.67 bits per heavy atom. The molecule has 0 unspecified atom stereocenters. The van der Waals surface area contributed by atoms with Gasteiger partial charge in [0.2, 0.25) is 0 Å². The Bertz CT molecular complexity index is 2910. The highest BCUT2D eigenvalue weighted by atomic mass is 16.3. The molecule has 1 heterocycles. The monoisotopic (exact) mass is 689 g/mol. The van der Waals surface area contributed by atoms with Crippen molar-refractivity contribution in [3.8, 4) is 44.7 Å². The predicted octanol–water partition coefficient (Wildman–Crippen LogP) is 14.9. The second kappa shape index (κ2) is 13.4. The molecule has 9 aromatic carbocycles. The van der Waals surface area contributed by atoms with Crippen LogP contribution in [0.2, 0.25) is 0 Å². The molecule has 10 rings (SSSR count). The standard InChI is InChI=1S/C52H35NO/c1-2-15-41(16-3-1)51-48-23-8-9-26-50(48)54-52(51)42-19-10-20-44(35-42)53(49-25-12-18-39-14-5-7-22-47(39)49)43-33-31-37(32-34-43)36-27-29-40(30-28-36)46-24-11-17-38-13-4-6-21-45(38)46/h1-35H. The summed E-state index contributed by atoms with van der Waals surface area (Å²) in [4.78, 5) is 2.37. The molecular weight excluding hydrogens is 655 g/mol. The Hall–Kier alpha value is -7.16. The Kier molecular flexibility index (Phi) is 7.85. The van der Waals surface area contributed by atoms with Crippen LogP contribution in [0.1, 0.15) is 0 Å². The van der Waals surface area contributed by atoms with Crippen molar-refractivity contribution in [3.05, 3.63) is 212 Å². The average Bonchev–Trinajstić information content (AvgIpc) is 3.64. The first-order valence-corrected chi connectivity index (χ1v) is 18.4. The van der Waals surface area contributed by atoms with Crippen LogP contribution < -0.4 is 4.90 Å². The van der Waals surface area contributed by atoms with Gasteiger partial charge in [0.25, 0.3) is 0 Å². The van der Waals surface area contributed by atoms with E-state index in [2.05, 4.69) is 211 Å². The van der Waals surface area contributed by atoms with Crippen LogP contribution in [0, 0.1) is 0 Å². The SMILES string of the molecule is c1ccc(-c2c(-c3cccc(N(c4ccc(-c5ccc(-c6cccc7ccccc67)cc5)cc4)c4cccc5ccccc45)c3)oc3ccccc23)cc1. The maximum Gasteiger partial charge on any atom is 0.143 e. The first-order chi connectivity index (χ1) is 26.8. The highest BCUT2D eigenvalue weighted by Crippen LogP contribution is 2.44. The molecule has 0 bridgehead atoms. The number of hydrogen-bond acceptors (Lipinski definition) is 2. The summed E-state index contributed by atoms with van der Waals surface area (Å²) in [5.74, 6) is 0.865. The molecule has 0 saturated heterocycles. The average molecular weight is 690 g/mol. The number of benzene rings is 9. The second-order valence-corrected chi connectivity index (χ2v) is 13.7. The van der Waals surface area contributed by atoms with Gasteiger partial charge in [-0.15, -0.1) is 0 Å². The number of rotatable bonds is 7. The van der Waals surface area contributed by atoms with Crippen LogP contribution in [0.4, 0.5) is 17.1 Å². The second-order valence-electron chi connectivity index (χ2n) is 13.7. The molecule has 2 heteroatoms. The van der Waals surface area contributed by atoms with Gasteiger partial charge < -0.3 is 9.32 Å². The van der Waals surface area contributed by atoms with Crippen molar-refractivity contribution in [1.29, 1.82) is 0 Å². The van der Waals surface area contributed by atoms with E-state index in [1.807, 2.05) is 6.07 Å². The molecule has 0 spiro atoms. The minimum atomic E-state index is 0.865.